The average molecular weight is 313 g/mol. The summed E-state index contributed by atoms with van der Waals surface area (Å²) in [6.45, 7) is -1.83. The number of hydrogen-bond acceptors (Lipinski definition) is 3. The molecule has 118 valence electrons. The Morgan fingerprint density at radius 2 is 1.95 bits per heavy atom. The molecule has 0 bridgehead atoms. The van der Waals surface area contributed by atoms with E-state index in [1.165, 1.54) is 0 Å². The SMILES string of the molecule is O=C(COCC(F)(F)F)NCc1ccc(-c2ccn[nH]2)cc1. The maximum Gasteiger partial charge on any atom is 0.411 e. The van der Waals surface area contributed by atoms with Crippen LogP contribution in [-0.2, 0) is 16.1 Å². The fourth-order valence-electron chi connectivity index (χ4n) is 1.73. The minimum atomic E-state index is -4.43. The molecule has 2 aromatic rings. The van der Waals surface area contributed by atoms with E-state index in [1.54, 1.807) is 6.20 Å². The lowest BCUT2D eigenvalue weighted by atomic mass is 10.1. The van der Waals surface area contributed by atoms with Crippen molar-refractivity contribution < 1.29 is 22.7 Å². The van der Waals surface area contributed by atoms with Gasteiger partial charge in [0, 0.05) is 12.7 Å². The number of carbonyl (C=O) groups excluding carboxylic acids is 1. The van der Waals surface area contributed by atoms with Gasteiger partial charge in [0.2, 0.25) is 5.91 Å². The van der Waals surface area contributed by atoms with Gasteiger partial charge in [-0.05, 0) is 17.2 Å². The van der Waals surface area contributed by atoms with Gasteiger partial charge < -0.3 is 10.1 Å². The van der Waals surface area contributed by atoms with Crippen LogP contribution in [0.3, 0.4) is 0 Å². The number of hydrogen-bond donors (Lipinski definition) is 2. The molecule has 22 heavy (non-hydrogen) atoms. The Balaban J connectivity index is 1.76. The first-order valence-electron chi connectivity index (χ1n) is 6.44. The number of ether oxygens (including phenoxy) is 1. The van der Waals surface area contributed by atoms with Crippen LogP contribution < -0.4 is 5.32 Å². The number of rotatable bonds is 6. The summed E-state index contributed by atoms with van der Waals surface area (Å²) in [7, 11) is 0. The van der Waals surface area contributed by atoms with Crippen LogP contribution in [0.15, 0.2) is 36.5 Å². The summed E-state index contributed by atoms with van der Waals surface area (Å²) in [5, 5.41) is 9.17. The maximum atomic E-state index is 11.8. The van der Waals surface area contributed by atoms with Crippen LogP contribution in [0.2, 0.25) is 0 Å². The molecule has 0 aliphatic heterocycles. The van der Waals surface area contributed by atoms with Crippen molar-refractivity contribution in [2.45, 2.75) is 12.7 Å². The van der Waals surface area contributed by atoms with Crippen LogP contribution >= 0.6 is 0 Å². The number of amides is 1. The van der Waals surface area contributed by atoms with E-state index in [1.807, 2.05) is 30.3 Å². The van der Waals surface area contributed by atoms with Crippen LogP contribution in [0, 0.1) is 0 Å². The molecule has 1 heterocycles. The first-order valence-corrected chi connectivity index (χ1v) is 6.44. The molecule has 0 aliphatic rings. The van der Waals surface area contributed by atoms with E-state index in [4.69, 9.17) is 0 Å². The van der Waals surface area contributed by atoms with Crippen LogP contribution in [-0.4, -0.2) is 35.5 Å². The van der Waals surface area contributed by atoms with Crippen molar-refractivity contribution >= 4 is 5.91 Å². The zero-order chi connectivity index (χ0) is 16.0. The predicted molar refractivity (Wildman–Crippen MR) is 72.7 cm³/mol. The third-order valence-corrected chi connectivity index (χ3v) is 2.75. The second kappa shape index (κ2) is 7.08. The Bertz CT molecular complexity index is 595. The summed E-state index contributed by atoms with van der Waals surface area (Å²) in [5.74, 6) is -0.595. The zero-order valence-electron chi connectivity index (χ0n) is 11.5. The molecule has 0 aliphatic carbocycles. The first kappa shape index (κ1) is 16.0. The number of nitrogens with zero attached hydrogens (tertiary/aromatic N) is 1. The number of halogens is 3. The molecule has 0 atom stereocenters. The minimum absolute atomic E-state index is 0.220. The van der Waals surface area contributed by atoms with Crippen molar-refractivity contribution in [2.24, 2.45) is 0 Å². The Labute approximate surface area is 124 Å². The highest BCUT2D eigenvalue weighted by Crippen LogP contribution is 2.16. The molecule has 2 N–H and O–H groups in total. The fraction of sp³-hybridized carbons (Fsp3) is 0.286. The predicted octanol–water partition coefficient (Wildman–Crippen LogP) is 2.27. The highest BCUT2D eigenvalue weighted by Gasteiger charge is 2.27. The molecule has 8 heteroatoms. The Hall–Kier alpha value is -2.35. The molecule has 0 saturated carbocycles. The van der Waals surface area contributed by atoms with Gasteiger partial charge in [-0.25, -0.2) is 0 Å². The summed E-state index contributed by atoms with van der Waals surface area (Å²) in [5.41, 5.74) is 2.64. The molecular formula is C14H14F3N3O2. The largest absolute Gasteiger partial charge is 0.411 e. The number of carbonyl (C=O) groups is 1. The molecule has 5 nitrogen and oxygen atoms in total. The summed E-state index contributed by atoms with van der Waals surface area (Å²) >= 11 is 0. The summed E-state index contributed by atoms with van der Waals surface area (Å²) < 4.78 is 39.8. The van der Waals surface area contributed by atoms with Gasteiger partial charge in [-0.3, -0.25) is 9.89 Å². The average Bonchev–Trinajstić information content (AvgIpc) is 2.98. The standard InChI is InChI=1S/C14H14F3N3O2/c15-14(16,17)9-22-8-13(21)18-7-10-1-3-11(4-2-10)12-5-6-19-20-12/h1-6H,7-9H2,(H,18,21)(H,19,20). The third kappa shape index (κ3) is 5.21. The summed E-state index contributed by atoms with van der Waals surface area (Å²) in [6, 6.07) is 9.17. The molecule has 0 spiro atoms. The first-order chi connectivity index (χ1) is 10.4. The smallest absolute Gasteiger partial charge is 0.362 e. The number of aromatic amines is 1. The van der Waals surface area contributed by atoms with E-state index in [0.717, 1.165) is 16.8 Å². The van der Waals surface area contributed by atoms with Gasteiger partial charge in [0.1, 0.15) is 13.2 Å². The number of nitrogens with one attached hydrogen (secondary N) is 2. The van der Waals surface area contributed by atoms with Gasteiger partial charge in [0.25, 0.3) is 0 Å². The van der Waals surface area contributed by atoms with Crippen LogP contribution in [0.4, 0.5) is 13.2 Å². The molecule has 1 aromatic carbocycles. The van der Waals surface area contributed by atoms with Crippen molar-refractivity contribution in [3.05, 3.63) is 42.1 Å². The highest BCUT2D eigenvalue weighted by molar-refractivity contribution is 5.77. The van der Waals surface area contributed by atoms with Gasteiger partial charge in [-0.2, -0.15) is 18.3 Å². The molecular weight excluding hydrogens is 299 g/mol. The quantitative estimate of drug-likeness (QED) is 0.860. The van der Waals surface area contributed by atoms with E-state index in [9.17, 15) is 18.0 Å². The molecule has 0 saturated heterocycles. The van der Waals surface area contributed by atoms with Crippen molar-refractivity contribution in [3.8, 4) is 11.3 Å². The van der Waals surface area contributed by atoms with Crippen molar-refractivity contribution in [1.82, 2.24) is 15.5 Å². The number of aromatic nitrogens is 2. The topological polar surface area (TPSA) is 67.0 Å². The monoisotopic (exact) mass is 313 g/mol. The molecule has 0 unspecified atom stereocenters. The van der Waals surface area contributed by atoms with E-state index in [0.29, 0.717) is 0 Å². The van der Waals surface area contributed by atoms with E-state index >= 15 is 0 Å². The maximum absolute atomic E-state index is 11.8. The van der Waals surface area contributed by atoms with E-state index < -0.39 is 25.3 Å². The molecule has 0 fully saturated rings. The van der Waals surface area contributed by atoms with Gasteiger partial charge in [0.05, 0.1) is 5.69 Å². The van der Waals surface area contributed by atoms with Crippen molar-refractivity contribution in [2.75, 3.05) is 13.2 Å². The lowest BCUT2D eigenvalue weighted by Crippen LogP contribution is -2.29. The van der Waals surface area contributed by atoms with Crippen LogP contribution in [0.1, 0.15) is 5.56 Å². The Morgan fingerprint density at radius 1 is 1.23 bits per heavy atom. The summed E-state index contributed by atoms with van der Waals surface area (Å²) in [4.78, 5) is 11.3. The van der Waals surface area contributed by atoms with Crippen LogP contribution in [0.5, 0.6) is 0 Å². The normalized spacial score (nSPS) is 11.4. The second-order valence-corrected chi connectivity index (χ2v) is 4.55. The van der Waals surface area contributed by atoms with Gasteiger partial charge in [0.15, 0.2) is 0 Å². The van der Waals surface area contributed by atoms with Gasteiger partial charge >= 0.3 is 6.18 Å². The number of alkyl halides is 3. The number of H-pyrrole nitrogens is 1. The molecule has 1 aromatic heterocycles. The highest BCUT2D eigenvalue weighted by atomic mass is 19.4. The summed E-state index contributed by atoms with van der Waals surface area (Å²) in [6.07, 6.45) is -2.78. The van der Waals surface area contributed by atoms with E-state index in [-0.39, 0.29) is 6.54 Å². The Kier molecular flexibility index (Phi) is 5.16. The lowest BCUT2D eigenvalue weighted by molar-refractivity contribution is -0.175. The van der Waals surface area contributed by atoms with Crippen molar-refractivity contribution in [1.29, 1.82) is 0 Å². The van der Waals surface area contributed by atoms with Crippen molar-refractivity contribution in [3.63, 3.8) is 0 Å². The zero-order valence-corrected chi connectivity index (χ0v) is 11.5. The second-order valence-electron chi connectivity index (χ2n) is 4.55. The lowest BCUT2D eigenvalue weighted by Gasteiger charge is -2.08. The number of benzene rings is 1. The molecule has 2 rings (SSSR count). The van der Waals surface area contributed by atoms with Gasteiger partial charge in [-0.15, -0.1) is 0 Å². The fourth-order valence-corrected chi connectivity index (χ4v) is 1.73. The van der Waals surface area contributed by atoms with Crippen LogP contribution in [0.25, 0.3) is 11.3 Å². The van der Waals surface area contributed by atoms with Gasteiger partial charge in [-0.1, -0.05) is 24.3 Å². The van der Waals surface area contributed by atoms with E-state index in [2.05, 4.69) is 20.3 Å². The third-order valence-electron chi connectivity index (χ3n) is 2.75. The molecule has 0 radical (unpaired) electrons. The Morgan fingerprint density at radius 3 is 2.55 bits per heavy atom. The minimum Gasteiger partial charge on any atom is -0.362 e. The molecule has 1 amide bonds.